The van der Waals surface area contributed by atoms with Gasteiger partial charge in [-0.1, -0.05) is 0 Å². The van der Waals surface area contributed by atoms with Crippen molar-refractivity contribution in [1.82, 2.24) is 4.57 Å². The summed E-state index contributed by atoms with van der Waals surface area (Å²) in [5.74, 6) is 0.00673. The number of alkyl halides is 2. The molecule has 166 valence electrons. The van der Waals surface area contributed by atoms with Crippen LogP contribution >= 0.6 is 0 Å². The van der Waals surface area contributed by atoms with E-state index >= 15 is 0 Å². The highest BCUT2D eigenvalue weighted by Gasteiger charge is 2.21. The summed E-state index contributed by atoms with van der Waals surface area (Å²) in [6.07, 6.45) is 0. The zero-order chi connectivity index (χ0) is 22.8. The number of carbonyl (C=O) groups is 2. The number of nitrogens with zero attached hydrogens (tertiary/aromatic N) is 1. The summed E-state index contributed by atoms with van der Waals surface area (Å²) in [6, 6.07) is 12.4. The summed E-state index contributed by atoms with van der Waals surface area (Å²) in [6.45, 7) is 0.318. The minimum absolute atomic E-state index is 0.0398. The molecule has 0 saturated carbocycles. The molecule has 1 aliphatic heterocycles. The summed E-state index contributed by atoms with van der Waals surface area (Å²) < 4.78 is 46.5. The summed E-state index contributed by atoms with van der Waals surface area (Å²) >= 11 is 0. The molecule has 4 rings (SSSR count). The van der Waals surface area contributed by atoms with E-state index in [1.165, 1.54) is 24.3 Å². The molecule has 1 aromatic heterocycles. The van der Waals surface area contributed by atoms with Crippen LogP contribution in [-0.2, 0) is 4.74 Å². The molecule has 0 saturated heterocycles. The third kappa shape index (κ3) is 4.27. The first-order valence-corrected chi connectivity index (χ1v) is 9.67. The number of rotatable bonds is 7. The van der Waals surface area contributed by atoms with Gasteiger partial charge in [-0.15, -0.1) is 0 Å². The third-order valence-electron chi connectivity index (χ3n) is 4.99. The summed E-state index contributed by atoms with van der Waals surface area (Å²) in [5, 5.41) is 0. The van der Waals surface area contributed by atoms with Crippen molar-refractivity contribution < 1.29 is 37.3 Å². The Balaban J connectivity index is 1.46. The molecular formula is C23H19F2NO6. The highest BCUT2D eigenvalue weighted by Crippen LogP contribution is 2.32. The Kier molecular flexibility index (Phi) is 5.81. The van der Waals surface area contributed by atoms with Crippen molar-refractivity contribution in [3.63, 3.8) is 0 Å². The van der Waals surface area contributed by atoms with Gasteiger partial charge in [-0.25, -0.2) is 4.79 Å². The number of halogens is 2. The van der Waals surface area contributed by atoms with Crippen molar-refractivity contribution in [2.45, 2.75) is 20.5 Å². The van der Waals surface area contributed by atoms with Crippen molar-refractivity contribution in [2.24, 2.45) is 0 Å². The van der Waals surface area contributed by atoms with Gasteiger partial charge in [-0.05, 0) is 62.4 Å². The number of aromatic nitrogens is 1. The van der Waals surface area contributed by atoms with Crippen LogP contribution in [0.15, 0.2) is 48.5 Å². The summed E-state index contributed by atoms with van der Waals surface area (Å²) in [5.41, 5.74) is 2.72. The lowest BCUT2D eigenvalue weighted by Gasteiger charge is -2.11. The fraction of sp³-hybridized carbons (Fsp3) is 0.217. The van der Waals surface area contributed by atoms with E-state index in [2.05, 4.69) is 4.74 Å². The fourth-order valence-electron chi connectivity index (χ4n) is 3.53. The van der Waals surface area contributed by atoms with E-state index in [4.69, 9.17) is 14.2 Å². The smallest absolute Gasteiger partial charge is 0.387 e. The van der Waals surface area contributed by atoms with Gasteiger partial charge >= 0.3 is 12.6 Å². The first-order chi connectivity index (χ1) is 15.3. The summed E-state index contributed by atoms with van der Waals surface area (Å²) in [7, 11) is 0. The largest absolute Gasteiger partial charge is 0.454 e. The number of carbonyl (C=O) groups excluding carboxylic acids is 2. The molecular weight excluding hydrogens is 424 g/mol. The predicted molar refractivity (Wildman–Crippen MR) is 109 cm³/mol. The van der Waals surface area contributed by atoms with E-state index in [0.29, 0.717) is 28.4 Å². The Morgan fingerprint density at radius 2 is 1.75 bits per heavy atom. The lowest BCUT2D eigenvalue weighted by atomic mass is 10.1. The molecule has 7 nitrogen and oxygen atoms in total. The maximum atomic E-state index is 12.7. The van der Waals surface area contributed by atoms with Crippen LogP contribution in [0.3, 0.4) is 0 Å². The Morgan fingerprint density at radius 3 is 2.47 bits per heavy atom. The lowest BCUT2D eigenvalue weighted by Crippen LogP contribution is -2.15. The quantitative estimate of drug-likeness (QED) is 0.396. The van der Waals surface area contributed by atoms with Gasteiger partial charge in [0.1, 0.15) is 5.75 Å². The van der Waals surface area contributed by atoms with Crippen LogP contribution in [-0.4, -0.2) is 36.3 Å². The van der Waals surface area contributed by atoms with E-state index < -0.39 is 19.2 Å². The SMILES string of the molecule is Cc1cc(C(=O)COC(=O)c2ccc3c(c2)OCO3)c(C)n1-c1ccc(OC(F)F)cc1. The van der Waals surface area contributed by atoms with Crippen molar-refractivity contribution >= 4 is 11.8 Å². The van der Waals surface area contributed by atoms with Gasteiger partial charge in [0, 0.05) is 22.6 Å². The number of ketones is 1. The number of hydrogen-bond donors (Lipinski definition) is 0. The number of Topliss-reactive ketones (excluding diaryl/α,β-unsaturated/α-hetero) is 1. The second kappa shape index (κ2) is 8.70. The number of hydrogen-bond acceptors (Lipinski definition) is 6. The van der Waals surface area contributed by atoms with E-state index in [-0.39, 0.29) is 23.9 Å². The number of aryl methyl sites for hydroxylation is 1. The average Bonchev–Trinajstić information content (AvgIpc) is 3.35. The molecule has 0 bridgehead atoms. The molecule has 0 unspecified atom stereocenters. The summed E-state index contributed by atoms with van der Waals surface area (Å²) in [4.78, 5) is 25.0. The number of esters is 1. The minimum Gasteiger partial charge on any atom is -0.454 e. The van der Waals surface area contributed by atoms with Crippen molar-refractivity contribution in [1.29, 1.82) is 0 Å². The minimum atomic E-state index is -2.90. The Labute approximate surface area is 182 Å². The molecule has 0 radical (unpaired) electrons. The van der Waals surface area contributed by atoms with Crippen molar-refractivity contribution in [2.75, 3.05) is 13.4 Å². The first-order valence-electron chi connectivity index (χ1n) is 9.67. The molecule has 0 spiro atoms. The topological polar surface area (TPSA) is 76.0 Å². The highest BCUT2D eigenvalue weighted by molar-refractivity contribution is 6.00. The maximum Gasteiger partial charge on any atom is 0.387 e. The van der Waals surface area contributed by atoms with E-state index in [1.807, 2.05) is 6.92 Å². The zero-order valence-corrected chi connectivity index (χ0v) is 17.3. The molecule has 9 heteroatoms. The van der Waals surface area contributed by atoms with Crippen LogP contribution < -0.4 is 14.2 Å². The molecule has 0 aliphatic carbocycles. The van der Waals surface area contributed by atoms with Gasteiger partial charge in [0.05, 0.1) is 5.56 Å². The molecule has 0 N–H and O–H groups in total. The molecule has 0 atom stereocenters. The fourth-order valence-corrected chi connectivity index (χ4v) is 3.53. The second-order valence-electron chi connectivity index (χ2n) is 7.06. The van der Waals surface area contributed by atoms with E-state index in [1.54, 1.807) is 35.8 Å². The standard InChI is InChI=1S/C23H19F2NO6/c1-13-9-18(14(2)26(13)16-4-6-17(7-5-16)32-23(24)25)19(27)11-29-22(28)15-3-8-20-21(10-15)31-12-30-20/h3-10,23H,11-12H2,1-2H3. The van der Waals surface area contributed by atoms with Crippen molar-refractivity contribution in [3.8, 4) is 22.9 Å². The van der Waals surface area contributed by atoms with Gasteiger partial charge in [-0.3, -0.25) is 4.79 Å². The molecule has 2 aromatic carbocycles. The van der Waals surface area contributed by atoms with Gasteiger partial charge in [0.2, 0.25) is 12.6 Å². The Hall–Kier alpha value is -3.88. The number of fused-ring (bicyclic) bond motifs is 1. The van der Waals surface area contributed by atoms with Gasteiger partial charge in [0.25, 0.3) is 0 Å². The Morgan fingerprint density at radius 1 is 1.03 bits per heavy atom. The molecule has 3 aromatic rings. The van der Waals surface area contributed by atoms with Gasteiger partial charge < -0.3 is 23.5 Å². The van der Waals surface area contributed by atoms with Crippen molar-refractivity contribution in [3.05, 3.63) is 71.0 Å². The highest BCUT2D eigenvalue weighted by atomic mass is 19.3. The lowest BCUT2D eigenvalue weighted by molar-refractivity contribution is -0.0498. The van der Waals surface area contributed by atoms with Crippen LogP contribution in [0, 0.1) is 13.8 Å². The molecule has 0 amide bonds. The van der Waals surface area contributed by atoms with Gasteiger partial charge in [0.15, 0.2) is 18.1 Å². The van der Waals surface area contributed by atoms with Crippen LogP contribution in [0.5, 0.6) is 17.2 Å². The number of benzene rings is 2. The molecule has 1 aliphatic rings. The van der Waals surface area contributed by atoms with E-state index in [9.17, 15) is 18.4 Å². The predicted octanol–water partition coefficient (Wildman–Crippen LogP) is 4.46. The van der Waals surface area contributed by atoms with E-state index in [0.717, 1.165) is 5.69 Å². The maximum absolute atomic E-state index is 12.7. The molecule has 0 fully saturated rings. The molecule has 32 heavy (non-hydrogen) atoms. The Bertz CT molecular complexity index is 1170. The first kappa shape index (κ1) is 21.4. The van der Waals surface area contributed by atoms with Gasteiger partial charge in [-0.2, -0.15) is 8.78 Å². The molecule has 2 heterocycles. The van der Waals surface area contributed by atoms with Crippen LogP contribution in [0.25, 0.3) is 5.69 Å². The second-order valence-corrected chi connectivity index (χ2v) is 7.06. The normalized spacial score (nSPS) is 12.2. The van der Waals surface area contributed by atoms with Crippen LogP contribution in [0.1, 0.15) is 32.1 Å². The van der Waals surface area contributed by atoms with Crippen LogP contribution in [0.2, 0.25) is 0 Å². The average molecular weight is 443 g/mol. The third-order valence-corrected chi connectivity index (χ3v) is 4.99. The zero-order valence-electron chi connectivity index (χ0n) is 17.3. The number of ether oxygens (including phenoxy) is 4. The monoisotopic (exact) mass is 443 g/mol. The van der Waals surface area contributed by atoms with Crippen LogP contribution in [0.4, 0.5) is 8.78 Å².